The van der Waals surface area contributed by atoms with Gasteiger partial charge in [0.2, 0.25) is 0 Å². The van der Waals surface area contributed by atoms with E-state index in [4.69, 9.17) is 14.7 Å². The summed E-state index contributed by atoms with van der Waals surface area (Å²) < 4.78 is 9.82. The molecule has 0 aliphatic heterocycles. The molecule has 1 rings (SSSR count). The van der Waals surface area contributed by atoms with Crippen LogP contribution >= 0.6 is 0 Å². The second kappa shape index (κ2) is 9.87. The Morgan fingerprint density at radius 1 is 1.36 bits per heavy atom. The lowest BCUT2D eigenvalue weighted by atomic mass is 10.1. The van der Waals surface area contributed by atoms with Crippen LogP contribution in [-0.4, -0.2) is 48.5 Å². The number of hydrogen-bond acceptors (Lipinski definition) is 7. The van der Waals surface area contributed by atoms with Crippen molar-refractivity contribution in [3.8, 4) is 11.8 Å². The van der Waals surface area contributed by atoms with Crippen molar-refractivity contribution in [2.45, 2.75) is 19.8 Å². The molecule has 0 aliphatic rings. The fourth-order valence-corrected chi connectivity index (χ4v) is 2.10. The summed E-state index contributed by atoms with van der Waals surface area (Å²) in [7, 11) is 1.38. The van der Waals surface area contributed by atoms with Gasteiger partial charge in [0.1, 0.15) is 11.3 Å². The molecular weight excluding hydrogens is 330 g/mol. The number of rotatable bonds is 9. The first-order valence-corrected chi connectivity index (χ1v) is 7.58. The van der Waals surface area contributed by atoms with Crippen molar-refractivity contribution in [2.75, 3.05) is 26.8 Å². The highest BCUT2D eigenvalue weighted by Crippen LogP contribution is 2.25. The second-order valence-electron chi connectivity index (χ2n) is 4.90. The number of nitrogens with zero attached hydrogens (tertiary/aromatic N) is 3. The summed E-state index contributed by atoms with van der Waals surface area (Å²) in [5.74, 6) is -0.845. The van der Waals surface area contributed by atoms with Crippen molar-refractivity contribution in [2.24, 2.45) is 0 Å². The third-order valence-corrected chi connectivity index (χ3v) is 3.30. The third kappa shape index (κ3) is 5.76. The first kappa shape index (κ1) is 19.9. The molecule has 0 unspecified atom stereocenters. The van der Waals surface area contributed by atoms with Gasteiger partial charge in [0.15, 0.2) is 0 Å². The van der Waals surface area contributed by atoms with Crippen LogP contribution < -0.4 is 4.74 Å². The molecule has 9 nitrogen and oxygen atoms in total. The number of benzene rings is 1. The zero-order valence-electron chi connectivity index (χ0n) is 14.1. The highest BCUT2D eigenvalue weighted by Gasteiger charge is 2.26. The normalized spacial score (nSPS) is 9.80. The number of carbonyl (C=O) groups excluding carboxylic acids is 2. The highest BCUT2D eigenvalue weighted by atomic mass is 16.6. The Hall–Kier alpha value is -3.15. The van der Waals surface area contributed by atoms with Crippen LogP contribution in [0.5, 0.6) is 5.75 Å². The molecule has 0 aromatic heterocycles. The zero-order valence-corrected chi connectivity index (χ0v) is 14.1. The van der Waals surface area contributed by atoms with E-state index in [1.165, 1.54) is 30.2 Å². The Labute approximate surface area is 144 Å². The number of amides is 1. The lowest BCUT2D eigenvalue weighted by molar-refractivity contribution is -0.385. The third-order valence-electron chi connectivity index (χ3n) is 3.30. The fraction of sp³-hybridized carbons (Fsp3) is 0.438. The molecule has 1 aromatic rings. The van der Waals surface area contributed by atoms with Gasteiger partial charge in [-0.05, 0) is 19.1 Å². The molecule has 1 aromatic carbocycles. The number of carbonyl (C=O) groups is 2. The van der Waals surface area contributed by atoms with Gasteiger partial charge in [-0.2, -0.15) is 5.26 Å². The maximum Gasteiger partial charge on any atom is 0.307 e. The van der Waals surface area contributed by atoms with Gasteiger partial charge in [-0.1, -0.05) is 0 Å². The van der Waals surface area contributed by atoms with Gasteiger partial charge in [-0.3, -0.25) is 19.7 Å². The van der Waals surface area contributed by atoms with Crippen LogP contribution in [-0.2, 0) is 9.53 Å². The van der Waals surface area contributed by atoms with Crippen LogP contribution in [0.2, 0.25) is 0 Å². The molecule has 0 bridgehead atoms. The Morgan fingerprint density at radius 2 is 2.08 bits per heavy atom. The average Bonchev–Trinajstić information content (AvgIpc) is 2.60. The largest absolute Gasteiger partial charge is 0.497 e. The lowest BCUT2D eigenvalue weighted by Crippen LogP contribution is -2.34. The van der Waals surface area contributed by atoms with Crippen LogP contribution in [0, 0.1) is 21.4 Å². The molecule has 0 heterocycles. The van der Waals surface area contributed by atoms with E-state index in [1.54, 1.807) is 6.92 Å². The maximum absolute atomic E-state index is 12.7. The van der Waals surface area contributed by atoms with E-state index in [-0.39, 0.29) is 43.8 Å². The number of ether oxygens (including phenoxy) is 2. The van der Waals surface area contributed by atoms with Crippen molar-refractivity contribution >= 4 is 17.6 Å². The Bertz CT molecular complexity index is 683. The van der Waals surface area contributed by atoms with Gasteiger partial charge in [-0.15, -0.1) is 0 Å². The van der Waals surface area contributed by atoms with E-state index in [1.807, 2.05) is 6.07 Å². The Morgan fingerprint density at radius 3 is 2.64 bits per heavy atom. The Balaban J connectivity index is 3.09. The fourth-order valence-electron chi connectivity index (χ4n) is 2.10. The summed E-state index contributed by atoms with van der Waals surface area (Å²) in [5, 5.41) is 19.9. The van der Waals surface area contributed by atoms with Crippen molar-refractivity contribution in [3.05, 3.63) is 33.9 Å². The summed E-state index contributed by atoms with van der Waals surface area (Å²) in [6.07, 6.45) is -0.0326. The molecule has 0 fully saturated rings. The number of hydrogen-bond donors (Lipinski definition) is 0. The van der Waals surface area contributed by atoms with E-state index < -0.39 is 16.8 Å². The van der Waals surface area contributed by atoms with Crippen LogP contribution in [0.1, 0.15) is 30.1 Å². The average molecular weight is 349 g/mol. The SMILES string of the molecule is CCOC(=O)CCN(CCC#N)C(=O)c1cc(OC)ccc1[N+](=O)[O-]. The van der Waals surface area contributed by atoms with Gasteiger partial charge >= 0.3 is 5.97 Å². The summed E-state index contributed by atoms with van der Waals surface area (Å²) in [6, 6.07) is 5.74. The summed E-state index contributed by atoms with van der Waals surface area (Å²) in [6.45, 7) is 1.92. The molecule has 0 atom stereocenters. The van der Waals surface area contributed by atoms with Crippen molar-refractivity contribution in [1.82, 2.24) is 4.90 Å². The number of esters is 1. The van der Waals surface area contributed by atoms with Crippen molar-refractivity contribution in [3.63, 3.8) is 0 Å². The molecule has 0 radical (unpaired) electrons. The molecule has 0 N–H and O–H groups in total. The molecule has 134 valence electrons. The topological polar surface area (TPSA) is 123 Å². The standard InChI is InChI=1S/C16H19N3O6/c1-3-25-15(20)7-10-18(9-4-8-17)16(21)13-11-12(24-2)5-6-14(13)19(22)23/h5-6,11H,3-4,7,9-10H2,1-2H3. The van der Waals surface area contributed by atoms with Gasteiger partial charge in [0.25, 0.3) is 11.6 Å². The zero-order chi connectivity index (χ0) is 18.8. The van der Waals surface area contributed by atoms with Crippen LogP contribution in [0.25, 0.3) is 0 Å². The van der Waals surface area contributed by atoms with E-state index in [0.29, 0.717) is 5.75 Å². The monoisotopic (exact) mass is 349 g/mol. The maximum atomic E-state index is 12.7. The van der Waals surface area contributed by atoms with Gasteiger partial charge in [0, 0.05) is 19.2 Å². The molecule has 9 heteroatoms. The molecule has 25 heavy (non-hydrogen) atoms. The first-order chi connectivity index (χ1) is 11.9. The summed E-state index contributed by atoms with van der Waals surface area (Å²) in [4.78, 5) is 36.0. The van der Waals surface area contributed by atoms with E-state index in [2.05, 4.69) is 0 Å². The second-order valence-corrected chi connectivity index (χ2v) is 4.90. The lowest BCUT2D eigenvalue weighted by Gasteiger charge is -2.21. The minimum absolute atomic E-state index is 0.00624. The molecule has 0 saturated carbocycles. The minimum atomic E-state index is -0.666. The first-order valence-electron chi connectivity index (χ1n) is 7.58. The Kier molecular flexibility index (Phi) is 7.86. The summed E-state index contributed by atoms with van der Waals surface area (Å²) >= 11 is 0. The molecule has 0 saturated heterocycles. The number of nitro benzene ring substituents is 1. The number of nitriles is 1. The smallest absolute Gasteiger partial charge is 0.307 e. The molecule has 0 aliphatic carbocycles. The quantitative estimate of drug-likeness (QED) is 0.379. The van der Waals surface area contributed by atoms with Crippen LogP contribution in [0.15, 0.2) is 18.2 Å². The van der Waals surface area contributed by atoms with E-state index in [0.717, 1.165) is 0 Å². The van der Waals surface area contributed by atoms with Crippen LogP contribution in [0.4, 0.5) is 5.69 Å². The van der Waals surface area contributed by atoms with E-state index in [9.17, 15) is 19.7 Å². The van der Waals surface area contributed by atoms with Crippen LogP contribution in [0.3, 0.4) is 0 Å². The molecular formula is C16H19N3O6. The van der Waals surface area contributed by atoms with E-state index >= 15 is 0 Å². The number of methoxy groups -OCH3 is 1. The van der Waals surface area contributed by atoms with Gasteiger partial charge in [0.05, 0.1) is 37.6 Å². The van der Waals surface area contributed by atoms with Crippen molar-refractivity contribution in [1.29, 1.82) is 5.26 Å². The van der Waals surface area contributed by atoms with Gasteiger partial charge in [-0.25, -0.2) is 0 Å². The molecule has 0 spiro atoms. The molecule has 1 amide bonds. The highest BCUT2D eigenvalue weighted by molar-refractivity contribution is 5.98. The number of nitro groups is 1. The van der Waals surface area contributed by atoms with Crippen molar-refractivity contribution < 1.29 is 24.0 Å². The summed E-state index contributed by atoms with van der Waals surface area (Å²) in [5.41, 5.74) is -0.532. The minimum Gasteiger partial charge on any atom is -0.497 e. The predicted octanol–water partition coefficient (Wildman–Crippen LogP) is 1.91. The van der Waals surface area contributed by atoms with Gasteiger partial charge < -0.3 is 14.4 Å². The predicted molar refractivity (Wildman–Crippen MR) is 87.0 cm³/mol.